The Morgan fingerprint density at radius 1 is 1.33 bits per heavy atom. The molecule has 0 saturated heterocycles. The molecule has 0 spiro atoms. The number of anilines is 1. The van der Waals surface area contributed by atoms with Gasteiger partial charge in [0.05, 0.1) is 0 Å². The summed E-state index contributed by atoms with van der Waals surface area (Å²) < 4.78 is 5.48. The Balaban J connectivity index is 2.42. The predicted molar refractivity (Wildman–Crippen MR) is 71.4 cm³/mol. The van der Waals surface area contributed by atoms with Gasteiger partial charge in [-0.1, -0.05) is 0 Å². The molecule has 0 radical (unpaired) electrons. The maximum absolute atomic E-state index is 11.4. The third kappa shape index (κ3) is 2.17. The van der Waals surface area contributed by atoms with E-state index >= 15 is 0 Å². The Morgan fingerprint density at radius 2 is 2.06 bits per heavy atom. The minimum absolute atomic E-state index is 0.226. The molecular weight excluding hydrogens is 230 g/mol. The molecule has 1 aromatic heterocycles. The zero-order valence-corrected chi connectivity index (χ0v) is 10.6. The van der Waals surface area contributed by atoms with Crippen LogP contribution in [0.3, 0.4) is 0 Å². The van der Waals surface area contributed by atoms with Crippen LogP contribution in [0.2, 0.25) is 0 Å². The van der Waals surface area contributed by atoms with E-state index in [0.717, 1.165) is 24.2 Å². The van der Waals surface area contributed by atoms with Crippen LogP contribution in [0.25, 0.3) is 11.0 Å². The molecule has 18 heavy (non-hydrogen) atoms. The highest BCUT2D eigenvalue weighted by molar-refractivity contribution is 5.96. The first-order valence-corrected chi connectivity index (χ1v) is 5.99. The monoisotopic (exact) mass is 247 g/mol. The number of nitrogen functional groups attached to an aromatic ring is 1. The number of nitrogens with zero attached hydrogens (tertiary/aromatic N) is 1. The number of fused-ring (bicyclic) bond motifs is 1. The van der Waals surface area contributed by atoms with E-state index < -0.39 is 5.91 Å². The van der Waals surface area contributed by atoms with Crippen molar-refractivity contribution in [2.75, 3.05) is 18.0 Å². The Hall–Kier alpha value is -2.01. The SMILES string of the molecule is CCN(CC)c1ccc2cc(C(=O)NN)oc2c1. The van der Waals surface area contributed by atoms with Crippen LogP contribution >= 0.6 is 0 Å². The average Bonchev–Trinajstić information content (AvgIpc) is 2.82. The summed E-state index contributed by atoms with van der Waals surface area (Å²) in [7, 11) is 0. The Kier molecular flexibility index (Phi) is 3.53. The van der Waals surface area contributed by atoms with E-state index in [-0.39, 0.29) is 5.76 Å². The Morgan fingerprint density at radius 3 is 2.67 bits per heavy atom. The molecule has 0 aliphatic rings. The fourth-order valence-corrected chi connectivity index (χ4v) is 1.99. The first-order valence-electron chi connectivity index (χ1n) is 5.99. The quantitative estimate of drug-likeness (QED) is 0.491. The second-order valence-electron chi connectivity index (χ2n) is 3.98. The lowest BCUT2D eigenvalue weighted by molar-refractivity contribution is 0.0928. The lowest BCUT2D eigenvalue weighted by atomic mass is 10.2. The molecule has 3 N–H and O–H groups in total. The van der Waals surface area contributed by atoms with Gasteiger partial charge in [-0.2, -0.15) is 0 Å². The van der Waals surface area contributed by atoms with Crippen LogP contribution < -0.4 is 16.2 Å². The van der Waals surface area contributed by atoms with Crippen molar-refractivity contribution in [2.24, 2.45) is 5.84 Å². The lowest BCUT2D eigenvalue weighted by Gasteiger charge is -2.20. The first-order chi connectivity index (χ1) is 8.69. The third-order valence-electron chi connectivity index (χ3n) is 2.99. The van der Waals surface area contributed by atoms with Crippen LogP contribution in [-0.2, 0) is 0 Å². The van der Waals surface area contributed by atoms with Crippen LogP contribution in [-0.4, -0.2) is 19.0 Å². The molecule has 96 valence electrons. The summed E-state index contributed by atoms with van der Waals surface area (Å²) in [6, 6.07) is 7.59. The van der Waals surface area contributed by atoms with Gasteiger partial charge in [-0.25, -0.2) is 5.84 Å². The number of rotatable bonds is 4. The van der Waals surface area contributed by atoms with Gasteiger partial charge in [-0.3, -0.25) is 10.2 Å². The third-order valence-corrected chi connectivity index (χ3v) is 2.99. The minimum atomic E-state index is -0.421. The summed E-state index contributed by atoms with van der Waals surface area (Å²) in [6.07, 6.45) is 0. The molecule has 2 rings (SSSR count). The number of amides is 1. The number of nitrogens with two attached hydrogens (primary N) is 1. The van der Waals surface area contributed by atoms with Crippen LogP contribution in [0.4, 0.5) is 5.69 Å². The summed E-state index contributed by atoms with van der Waals surface area (Å²) >= 11 is 0. The number of nitrogens with one attached hydrogen (secondary N) is 1. The number of benzene rings is 1. The smallest absolute Gasteiger partial charge is 0.300 e. The molecule has 1 amide bonds. The summed E-state index contributed by atoms with van der Waals surface area (Å²) in [6.45, 7) is 6.06. The van der Waals surface area contributed by atoms with E-state index in [1.54, 1.807) is 6.07 Å². The Bertz CT molecular complexity index is 558. The molecular formula is C13H17N3O2. The van der Waals surface area contributed by atoms with Gasteiger partial charge in [0, 0.05) is 30.2 Å². The summed E-state index contributed by atoms with van der Waals surface area (Å²) in [5, 5.41) is 0.893. The molecule has 0 unspecified atom stereocenters. The number of furan rings is 1. The van der Waals surface area contributed by atoms with Gasteiger partial charge in [-0.05, 0) is 32.0 Å². The van der Waals surface area contributed by atoms with Gasteiger partial charge in [0.2, 0.25) is 0 Å². The average molecular weight is 247 g/mol. The van der Waals surface area contributed by atoms with Gasteiger partial charge < -0.3 is 9.32 Å². The molecule has 0 saturated carbocycles. The molecule has 0 atom stereocenters. The highest BCUT2D eigenvalue weighted by Crippen LogP contribution is 2.25. The molecule has 0 aliphatic heterocycles. The maximum Gasteiger partial charge on any atom is 0.300 e. The van der Waals surface area contributed by atoms with E-state index in [0.29, 0.717) is 5.58 Å². The number of carbonyl (C=O) groups is 1. The van der Waals surface area contributed by atoms with E-state index in [4.69, 9.17) is 10.3 Å². The van der Waals surface area contributed by atoms with E-state index in [9.17, 15) is 4.79 Å². The molecule has 0 aliphatic carbocycles. The van der Waals surface area contributed by atoms with Crippen molar-refractivity contribution < 1.29 is 9.21 Å². The van der Waals surface area contributed by atoms with Crippen LogP contribution in [0.1, 0.15) is 24.4 Å². The second-order valence-corrected chi connectivity index (χ2v) is 3.98. The van der Waals surface area contributed by atoms with E-state index in [1.165, 1.54) is 0 Å². The highest BCUT2D eigenvalue weighted by Gasteiger charge is 2.12. The van der Waals surface area contributed by atoms with Crippen LogP contribution in [0, 0.1) is 0 Å². The number of hydrogen-bond donors (Lipinski definition) is 2. The largest absolute Gasteiger partial charge is 0.451 e. The topological polar surface area (TPSA) is 71.5 Å². The van der Waals surface area contributed by atoms with Gasteiger partial charge in [0.15, 0.2) is 5.76 Å². The maximum atomic E-state index is 11.4. The zero-order valence-electron chi connectivity index (χ0n) is 10.6. The standard InChI is InChI=1S/C13H17N3O2/c1-3-16(4-2)10-6-5-9-7-12(13(17)15-14)18-11(9)8-10/h5-8H,3-4,14H2,1-2H3,(H,15,17). The van der Waals surface area contributed by atoms with Crippen molar-refractivity contribution >= 4 is 22.6 Å². The van der Waals surface area contributed by atoms with Gasteiger partial charge in [0.1, 0.15) is 5.58 Å². The number of hydrogen-bond acceptors (Lipinski definition) is 4. The highest BCUT2D eigenvalue weighted by atomic mass is 16.3. The molecule has 2 aromatic rings. The fourth-order valence-electron chi connectivity index (χ4n) is 1.99. The molecule has 5 heteroatoms. The van der Waals surface area contributed by atoms with Crippen molar-refractivity contribution in [1.82, 2.24) is 5.43 Å². The lowest BCUT2D eigenvalue weighted by Crippen LogP contribution is -2.29. The van der Waals surface area contributed by atoms with E-state index in [1.807, 2.05) is 18.2 Å². The molecule has 1 aromatic carbocycles. The second kappa shape index (κ2) is 5.10. The number of carbonyl (C=O) groups excluding carboxylic acids is 1. The summed E-state index contributed by atoms with van der Waals surface area (Å²) in [5.41, 5.74) is 3.84. The molecule has 1 heterocycles. The molecule has 0 bridgehead atoms. The number of hydrazine groups is 1. The summed E-state index contributed by atoms with van der Waals surface area (Å²) in [5.74, 6) is 4.88. The van der Waals surface area contributed by atoms with Crippen molar-refractivity contribution in [2.45, 2.75) is 13.8 Å². The van der Waals surface area contributed by atoms with Crippen molar-refractivity contribution in [1.29, 1.82) is 0 Å². The van der Waals surface area contributed by atoms with Gasteiger partial charge >= 0.3 is 5.91 Å². The van der Waals surface area contributed by atoms with Crippen molar-refractivity contribution in [3.8, 4) is 0 Å². The summed E-state index contributed by atoms with van der Waals surface area (Å²) in [4.78, 5) is 13.6. The molecule has 0 fully saturated rings. The normalized spacial score (nSPS) is 10.6. The minimum Gasteiger partial charge on any atom is -0.451 e. The van der Waals surface area contributed by atoms with Crippen molar-refractivity contribution in [3.05, 3.63) is 30.0 Å². The van der Waals surface area contributed by atoms with Gasteiger partial charge in [-0.15, -0.1) is 0 Å². The predicted octanol–water partition coefficient (Wildman–Crippen LogP) is 1.88. The van der Waals surface area contributed by atoms with Gasteiger partial charge in [0.25, 0.3) is 0 Å². The zero-order chi connectivity index (χ0) is 13.1. The van der Waals surface area contributed by atoms with Crippen LogP contribution in [0.5, 0.6) is 0 Å². The first kappa shape index (κ1) is 12.4. The van der Waals surface area contributed by atoms with Crippen LogP contribution in [0.15, 0.2) is 28.7 Å². The van der Waals surface area contributed by atoms with Crippen molar-refractivity contribution in [3.63, 3.8) is 0 Å². The Labute approximate surface area is 106 Å². The molecule has 5 nitrogen and oxygen atoms in total. The van der Waals surface area contributed by atoms with E-state index in [2.05, 4.69) is 24.2 Å². The fraction of sp³-hybridized carbons (Fsp3) is 0.308.